The molecule has 14 heteroatoms. The van der Waals surface area contributed by atoms with E-state index in [0.29, 0.717) is 54.1 Å². The summed E-state index contributed by atoms with van der Waals surface area (Å²) in [5, 5.41) is 10.6. The summed E-state index contributed by atoms with van der Waals surface area (Å²) < 4.78 is 39.8. The van der Waals surface area contributed by atoms with Crippen LogP contribution in [0.1, 0.15) is 35.7 Å². The molecular weight excluding hydrogens is 665 g/mol. The van der Waals surface area contributed by atoms with Crippen molar-refractivity contribution in [3.05, 3.63) is 87.4 Å². The monoisotopic (exact) mass is 703 g/mol. The molecular formula is C33H39Cl2N5O6S. The minimum absolute atomic E-state index is 0.0359. The van der Waals surface area contributed by atoms with Crippen LogP contribution in [0, 0.1) is 0 Å². The number of aliphatic hydroxyl groups excluding tert-OH is 1. The Hall–Kier alpha value is -3.39. The Balaban J connectivity index is 1.74. The largest absolute Gasteiger partial charge is 0.495 e. The number of β-amino-alcohol motifs (C(OH)–C–C–N with tert-alkyl or cyclic N) is 1. The second-order valence-corrected chi connectivity index (χ2v) is 14.4. The van der Waals surface area contributed by atoms with Crippen LogP contribution < -0.4 is 9.47 Å². The third-order valence-corrected chi connectivity index (χ3v) is 10.7. The first kappa shape index (κ1) is 34.9. The van der Waals surface area contributed by atoms with Gasteiger partial charge in [0.15, 0.2) is 0 Å². The number of hydrogen-bond acceptors (Lipinski definition) is 8. The van der Waals surface area contributed by atoms with Crippen molar-refractivity contribution >= 4 is 45.1 Å². The standard InChI is InChI=1S/C33H39Cl2N5O6S/c1-5-46-27-21-28(45-4)29(47(43,44)37(2)3)20-26(27)32-36-30(22-6-10-24(34)11-7-22)31(23-8-12-25(35)13-9-23)40(32)33(42)39-16-14-38(15-17-39)18-19-41/h6-13,20-21,30-31,41H,5,14-19H2,1-4H3. The lowest BCUT2D eigenvalue weighted by Gasteiger charge is -2.39. The summed E-state index contributed by atoms with van der Waals surface area (Å²) in [6.07, 6.45) is 0. The highest BCUT2D eigenvalue weighted by Gasteiger charge is 2.45. The Labute approximate surface area is 285 Å². The average molecular weight is 705 g/mol. The van der Waals surface area contributed by atoms with E-state index in [1.807, 2.05) is 31.2 Å². The van der Waals surface area contributed by atoms with E-state index in [9.17, 15) is 18.3 Å². The van der Waals surface area contributed by atoms with Crippen molar-refractivity contribution in [3.63, 3.8) is 0 Å². The van der Waals surface area contributed by atoms with Crippen molar-refractivity contribution in [1.29, 1.82) is 0 Å². The zero-order valence-electron chi connectivity index (χ0n) is 26.8. The lowest BCUT2D eigenvalue weighted by molar-refractivity contribution is 0.108. The summed E-state index contributed by atoms with van der Waals surface area (Å²) in [7, 11) is 0.293. The summed E-state index contributed by atoms with van der Waals surface area (Å²) >= 11 is 12.6. The van der Waals surface area contributed by atoms with Crippen molar-refractivity contribution < 1.29 is 27.8 Å². The van der Waals surface area contributed by atoms with Crippen LogP contribution in [0.15, 0.2) is 70.6 Å². The predicted molar refractivity (Wildman–Crippen MR) is 182 cm³/mol. The number of nitrogens with zero attached hydrogens (tertiary/aromatic N) is 5. The van der Waals surface area contributed by atoms with Gasteiger partial charge in [-0.3, -0.25) is 14.8 Å². The van der Waals surface area contributed by atoms with Crippen molar-refractivity contribution in [2.24, 2.45) is 4.99 Å². The summed E-state index contributed by atoms with van der Waals surface area (Å²) in [6.45, 7) is 4.70. The number of carbonyl (C=O) groups is 1. The number of carbonyl (C=O) groups excluding carboxylic acids is 1. The Morgan fingerprint density at radius 1 is 0.957 bits per heavy atom. The minimum Gasteiger partial charge on any atom is -0.495 e. The fourth-order valence-electron chi connectivity index (χ4n) is 5.86. The molecule has 5 rings (SSSR count). The minimum atomic E-state index is -3.99. The molecule has 2 amide bonds. The van der Waals surface area contributed by atoms with Crippen LogP contribution in [0.25, 0.3) is 0 Å². The molecule has 0 spiro atoms. The van der Waals surface area contributed by atoms with Gasteiger partial charge in [0.05, 0.1) is 31.9 Å². The second kappa shape index (κ2) is 14.8. The van der Waals surface area contributed by atoms with E-state index in [1.165, 1.54) is 33.3 Å². The van der Waals surface area contributed by atoms with Gasteiger partial charge in [-0.05, 0) is 48.4 Å². The summed E-state index contributed by atoms with van der Waals surface area (Å²) in [4.78, 5) is 25.4. The predicted octanol–water partition coefficient (Wildman–Crippen LogP) is 4.93. The zero-order valence-corrected chi connectivity index (χ0v) is 29.1. The van der Waals surface area contributed by atoms with Crippen LogP contribution in [0.5, 0.6) is 11.5 Å². The maximum absolute atomic E-state index is 14.8. The number of benzene rings is 3. The van der Waals surface area contributed by atoms with Gasteiger partial charge in [-0.1, -0.05) is 47.5 Å². The van der Waals surface area contributed by atoms with Gasteiger partial charge in [0.25, 0.3) is 0 Å². The molecule has 1 fully saturated rings. The summed E-state index contributed by atoms with van der Waals surface area (Å²) in [5.41, 5.74) is 1.92. The molecule has 0 aliphatic carbocycles. The molecule has 3 aromatic carbocycles. The molecule has 252 valence electrons. The van der Waals surface area contributed by atoms with Gasteiger partial charge in [0.2, 0.25) is 10.0 Å². The number of sulfonamides is 1. The fourth-order valence-corrected chi connectivity index (χ4v) is 7.17. The number of amidine groups is 1. The van der Waals surface area contributed by atoms with Crippen LogP contribution in [-0.4, -0.2) is 112 Å². The van der Waals surface area contributed by atoms with Gasteiger partial charge < -0.3 is 19.5 Å². The molecule has 11 nitrogen and oxygen atoms in total. The maximum atomic E-state index is 14.8. The topological polar surface area (TPSA) is 115 Å². The number of halogens is 2. The van der Waals surface area contributed by atoms with E-state index in [2.05, 4.69) is 4.90 Å². The third kappa shape index (κ3) is 7.23. The highest BCUT2D eigenvalue weighted by molar-refractivity contribution is 7.89. The second-order valence-electron chi connectivity index (χ2n) is 11.4. The maximum Gasteiger partial charge on any atom is 0.326 e. The molecule has 0 radical (unpaired) electrons. The van der Waals surface area contributed by atoms with Gasteiger partial charge >= 0.3 is 6.03 Å². The van der Waals surface area contributed by atoms with Crippen molar-refractivity contribution in [1.82, 2.24) is 19.0 Å². The first-order valence-corrected chi connectivity index (χ1v) is 17.5. The molecule has 0 saturated carbocycles. The molecule has 0 bridgehead atoms. The molecule has 1 saturated heterocycles. The molecule has 2 aliphatic heterocycles. The van der Waals surface area contributed by atoms with E-state index in [0.717, 1.165) is 15.4 Å². The van der Waals surface area contributed by atoms with E-state index < -0.39 is 22.1 Å². The third-order valence-electron chi connectivity index (χ3n) is 8.32. The molecule has 2 heterocycles. The Bertz CT molecular complexity index is 1710. The smallest absolute Gasteiger partial charge is 0.326 e. The normalized spacial score (nSPS) is 18.9. The quantitative estimate of drug-likeness (QED) is 0.319. The molecule has 2 atom stereocenters. The van der Waals surface area contributed by atoms with Crippen LogP contribution in [0.4, 0.5) is 4.79 Å². The van der Waals surface area contributed by atoms with Crippen molar-refractivity contribution in [2.45, 2.75) is 23.9 Å². The van der Waals surface area contributed by atoms with Crippen LogP contribution >= 0.6 is 23.2 Å². The van der Waals surface area contributed by atoms with E-state index in [4.69, 9.17) is 37.7 Å². The van der Waals surface area contributed by atoms with Gasteiger partial charge in [-0.2, -0.15) is 0 Å². The van der Waals surface area contributed by atoms with Crippen molar-refractivity contribution in [3.8, 4) is 11.5 Å². The van der Waals surface area contributed by atoms with E-state index >= 15 is 0 Å². The number of aliphatic hydroxyl groups is 1. The highest BCUT2D eigenvalue weighted by Crippen LogP contribution is 2.46. The number of hydrogen-bond donors (Lipinski definition) is 1. The number of urea groups is 1. The average Bonchev–Trinajstić information content (AvgIpc) is 3.45. The number of methoxy groups -OCH3 is 1. The van der Waals surface area contributed by atoms with E-state index in [1.54, 1.807) is 34.1 Å². The van der Waals surface area contributed by atoms with Crippen LogP contribution in [0.3, 0.4) is 0 Å². The number of piperazine rings is 1. The summed E-state index contributed by atoms with van der Waals surface area (Å²) in [6, 6.07) is 16.1. The van der Waals surface area contributed by atoms with Crippen LogP contribution in [-0.2, 0) is 10.0 Å². The molecule has 3 aromatic rings. The Morgan fingerprint density at radius 3 is 2.09 bits per heavy atom. The fraction of sp³-hybridized carbons (Fsp3) is 0.394. The molecule has 47 heavy (non-hydrogen) atoms. The number of rotatable bonds is 10. The SMILES string of the molecule is CCOc1cc(OC)c(S(=O)(=O)N(C)C)cc1C1=NC(c2ccc(Cl)cc2)C(c2ccc(Cl)cc2)N1C(=O)N1CCN(CCO)CC1. The summed E-state index contributed by atoms with van der Waals surface area (Å²) in [5.74, 6) is 0.679. The number of ether oxygens (including phenoxy) is 2. The first-order valence-electron chi connectivity index (χ1n) is 15.3. The molecule has 2 unspecified atom stereocenters. The first-order chi connectivity index (χ1) is 22.5. The van der Waals surface area contributed by atoms with Crippen molar-refractivity contribution in [2.75, 3.05) is 67.1 Å². The van der Waals surface area contributed by atoms with Gasteiger partial charge in [0, 0.05) is 62.9 Å². The zero-order chi connectivity index (χ0) is 33.9. The number of amides is 2. The lowest BCUT2D eigenvalue weighted by atomic mass is 9.93. The Morgan fingerprint density at radius 2 is 1.55 bits per heavy atom. The Kier molecular flexibility index (Phi) is 11.0. The molecule has 2 aliphatic rings. The van der Waals surface area contributed by atoms with Gasteiger partial charge in [-0.15, -0.1) is 0 Å². The van der Waals surface area contributed by atoms with Gasteiger partial charge in [0.1, 0.15) is 28.3 Å². The lowest BCUT2D eigenvalue weighted by Crippen LogP contribution is -2.54. The van der Waals surface area contributed by atoms with Crippen LogP contribution in [0.2, 0.25) is 10.0 Å². The molecule has 0 aromatic heterocycles. The van der Waals surface area contributed by atoms with Gasteiger partial charge in [-0.25, -0.2) is 17.5 Å². The van der Waals surface area contributed by atoms with E-state index in [-0.39, 0.29) is 35.7 Å². The highest BCUT2D eigenvalue weighted by atomic mass is 35.5. The number of aliphatic imine (C=N–C) groups is 1. The molecule has 1 N–H and O–H groups in total.